The van der Waals surface area contributed by atoms with Gasteiger partial charge in [-0.2, -0.15) is 0 Å². The Kier molecular flexibility index (Phi) is 3.43. The largest absolute Gasteiger partial charge is 0.382 e. The molecule has 0 aliphatic heterocycles. The number of pyridine rings is 1. The van der Waals surface area contributed by atoms with E-state index in [0.717, 1.165) is 22.0 Å². The highest BCUT2D eigenvalue weighted by Gasteiger charge is 2.16. The molecule has 1 atom stereocenters. The number of hydrogen-bond acceptors (Lipinski definition) is 2. The molecule has 1 aromatic heterocycles. The molecule has 1 heterocycles. The molecule has 3 heteroatoms. The summed E-state index contributed by atoms with van der Waals surface area (Å²) in [5.74, 6) is -0.354. The van der Waals surface area contributed by atoms with Gasteiger partial charge in [0.1, 0.15) is 11.9 Å². The summed E-state index contributed by atoms with van der Waals surface area (Å²) in [6, 6.07) is 14.1. The highest BCUT2D eigenvalue weighted by molar-refractivity contribution is 5.82. The van der Waals surface area contributed by atoms with Gasteiger partial charge in [-0.25, -0.2) is 9.37 Å². The Morgan fingerprint density at radius 2 is 1.76 bits per heavy atom. The number of benzene rings is 2. The van der Waals surface area contributed by atoms with Crippen LogP contribution in [0, 0.1) is 19.7 Å². The third-order valence-corrected chi connectivity index (χ3v) is 3.76. The first-order chi connectivity index (χ1) is 10.1. The average Bonchev–Trinajstić information content (AvgIpc) is 2.49. The molecule has 2 aromatic carbocycles. The third-order valence-electron chi connectivity index (χ3n) is 3.76. The van der Waals surface area contributed by atoms with Crippen LogP contribution in [0.15, 0.2) is 48.5 Å². The van der Waals surface area contributed by atoms with Crippen LogP contribution in [0.2, 0.25) is 0 Å². The van der Waals surface area contributed by atoms with E-state index in [1.54, 1.807) is 6.07 Å². The Bertz CT molecular complexity index is 813. The summed E-state index contributed by atoms with van der Waals surface area (Å²) < 4.78 is 13.4. The molecule has 3 rings (SSSR count). The molecule has 21 heavy (non-hydrogen) atoms. The summed E-state index contributed by atoms with van der Waals surface area (Å²) in [4.78, 5) is 4.51. The van der Waals surface area contributed by atoms with Crippen LogP contribution in [-0.2, 0) is 0 Å². The second kappa shape index (κ2) is 5.26. The van der Waals surface area contributed by atoms with Gasteiger partial charge < -0.3 is 5.11 Å². The summed E-state index contributed by atoms with van der Waals surface area (Å²) in [6.07, 6.45) is -0.927. The number of aliphatic hydroxyl groups excluding tert-OH is 1. The minimum atomic E-state index is -0.927. The van der Waals surface area contributed by atoms with Crippen LogP contribution in [0.3, 0.4) is 0 Å². The number of halogens is 1. The number of aliphatic hydroxyl groups is 1. The van der Waals surface area contributed by atoms with E-state index in [2.05, 4.69) is 4.98 Å². The monoisotopic (exact) mass is 281 g/mol. The van der Waals surface area contributed by atoms with Gasteiger partial charge in [0.2, 0.25) is 0 Å². The second-order valence-electron chi connectivity index (χ2n) is 5.28. The molecule has 0 radical (unpaired) electrons. The fraction of sp³-hybridized carbons (Fsp3) is 0.167. The van der Waals surface area contributed by atoms with Gasteiger partial charge >= 0.3 is 0 Å². The number of aromatic nitrogens is 1. The van der Waals surface area contributed by atoms with Gasteiger partial charge in [-0.05, 0) is 54.8 Å². The van der Waals surface area contributed by atoms with Crippen LogP contribution in [0.4, 0.5) is 4.39 Å². The van der Waals surface area contributed by atoms with Crippen LogP contribution >= 0.6 is 0 Å². The Hall–Kier alpha value is -2.26. The van der Waals surface area contributed by atoms with E-state index in [-0.39, 0.29) is 5.82 Å². The summed E-state index contributed by atoms with van der Waals surface area (Å²) in [5.41, 5.74) is 3.82. The highest BCUT2D eigenvalue weighted by Crippen LogP contribution is 2.27. The first-order valence-corrected chi connectivity index (χ1v) is 6.86. The van der Waals surface area contributed by atoms with Crippen molar-refractivity contribution in [1.29, 1.82) is 0 Å². The molecule has 0 bridgehead atoms. The van der Waals surface area contributed by atoms with E-state index in [4.69, 9.17) is 0 Å². The van der Waals surface area contributed by atoms with Crippen molar-refractivity contribution in [2.24, 2.45) is 0 Å². The maximum absolute atomic E-state index is 13.4. The van der Waals surface area contributed by atoms with Crippen molar-refractivity contribution in [3.63, 3.8) is 0 Å². The summed E-state index contributed by atoms with van der Waals surface area (Å²) in [7, 11) is 0. The van der Waals surface area contributed by atoms with Crippen molar-refractivity contribution in [1.82, 2.24) is 4.98 Å². The lowest BCUT2D eigenvalue weighted by atomic mass is 9.98. The second-order valence-corrected chi connectivity index (χ2v) is 5.28. The standard InChI is InChI=1S/C18H16FNO/c1-11-7-8-13(19)10-15(11)18(21)17-9-12(2)14-5-3-4-6-16(14)20-17/h3-10,18,21H,1-2H3. The molecule has 0 spiro atoms. The van der Waals surface area contributed by atoms with E-state index < -0.39 is 6.10 Å². The normalized spacial score (nSPS) is 12.6. The number of para-hydroxylation sites is 1. The van der Waals surface area contributed by atoms with E-state index in [1.165, 1.54) is 12.1 Å². The van der Waals surface area contributed by atoms with Crippen LogP contribution in [0.25, 0.3) is 10.9 Å². The Labute approximate surface area is 122 Å². The van der Waals surface area contributed by atoms with Crippen molar-refractivity contribution in [3.8, 4) is 0 Å². The van der Waals surface area contributed by atoms with Crippen molar-refractivity contribution in [3.05, 3.63) is 76.7 Å². The molecule has 2 nitrogen and oxygen atoms in total. The molecule has 1 N–H and O–H groups in total. The third kappa shape index (κ3) is 2.52. The van der Waals surface area contributed by atoms with Crippen LogP contribution in [0.1, 0.15) is 28.5 Å². The maximum atomic E-state index is 13.4. The predicted octanol–water partition coefficient (Wildman–Crippen LogP) is 4.07. The first-order valence-electron chi connectivity index (χ1n) is 6.86. The molecule has 0 saturated carbocycles. The lowest BCUT2D eigenvalue weighted by Gasteiger charge is -2.15. The molecule has 3 aromatic rings. The first kappa shape index (κ1) is 13.7. The number of nitrogens with zero attached hydrogens (tertiary/aromatic N) is 1. The molecule has 0 aliphatic carbocycles. The van der Waals surface area contributed by atoms with E-state index in [1.807, 2.05) is 44.2 Å². The van der Waals surface area contributed by atoms with Crippen molar-refractivity contribution >= 4 is 10.9 Å². The average molecular weight is 281 g/mol. The Morgan fingerprint density at radius 3 is 2.57 bits per heavy atom. The minimum Gasteiger partial charge on any atom is -0.382 e. The van der Waals surface area contributed by atoms with Crippen LogP contribution in [0.5, 0.6) is 0 Å². The molecule has 1 unspecified atom stereocenters. The molecular formula is C18H16FNO. The van der Waals surface area contributed by atoms with Gasteiger partial charge in [0.05, 0.1) is 11.2 Å². The van der Waals surface area contributed by atoms with Gasteiger partial charge in [0, 0.05) is 5.39 Å². The van der Waals surface area contributed by atoms with E-state index in [9.17, 15) is 9.50 Å². The van der Waals surface area contributed by atoms with Gasteiger partial charge in [0.15, 0.2) is 0 Å². The predicted molar refractivity (Wildman–Crippen MR) is 81.7 cm³/mol. The topological polar surface area (TPSA) is 33.1 Å². The van der Waals surface area contributed by atoms with Gasteiger partial charge in [-0.1, -0.05) is 24.3 Å². The zero-order chi connectivity index (χ0) is 15.0. The summed E-state index contributed by atoms with van der Waals surface area (Å²) >= 11 is 0. The lowest BCUT2D eigenvalue weighted by Crippen LogP contribution is -2.06. The zero-order valence-corrected chi connectivity index (χ0v) is 12.0. The summed E-state index contributed by atoms with van der Waals surface area (Å²) in [6.45, 7) is 3.84. The van der Waals surface area contributed by atoms with Gasteiger partial charge in [0.25, 0.3) is 0 Å². The fourth-order valence-corrected chi connectivity index (χ4v) is 2.58. The fourth-order valence-electron chi connectivity index (χ4n) is 2.58. The SMILES string of the molecule is Cc1ccc(F)cc1C(O)c1cc(C)c2ccccc2n1. The molecule has 0 saturated heterocycles. The smallest absolute Gasteiger partial charge is 0.123 e. The van der Waals surface area contributed by atoms with Crippen LogP contribution in [-0.4, -0.2) is 10.1 Å². The molecule has 0 fully saturated rings. The number of rotatable bonds is 2. The Balaban J connectivity index is 2.13. The molecule has 0 amide bonds. The van der Waals surface area contributed by atoms with Crippen molar-refractivity contribution < 1.29 is 9.50 Å². The quantitative estimate of drug-likeness (QED) is 0.768. The van der Waals surface area contributed by atoms with Crippen molar-refractivity contribution in [2.45, 2.75) is 20.0 Å². The minimum absolute atomic E-state index is 0.354. The number of aryl methyl sites for hydroxylation is 2. The highest BCUT2D eigenvalue weighted by atomic mass is 19.1. The number of hydrogen-bond donors (Lipinski definition) is 1. The molecular weight excluding hydrogens is 265 g/mol. The van der Waals surface area contributed by atoms with E-state index >= 15 is 0 Å². The number of fused-ring (bicyclic) bond motifs is 1. The lowest BCUT2D eigenvalue weighted by molar-refractivity contribution is 0.214. The van der Waals surface area contributed by atoms with Crippen LogP contribution < -0.4 is 0 Å². The van der Waals surface area contributed by atoms with E-state index in [0.29, 0.717) is 11.3 Å². The van der Waals surface area contributed by atoms with Crippen molar-refractivity contribution in [2.75, 3.05) is 0 Å². The Morgan fingerprint density at radius 1 is 1.00 bits per heavy atom. The van der Waals surface area contributed by atoms with Gasteiger partial charge in [-0.15, -0.1) is 0 Å². The summed E-state index contributed by atoms with van der Waals surface area (Å²) in [5, 5.41) is 11.6. The molecule has 0 aliphatic rings. The van der Waals surface area contributed by atoms with Gasteiger partial charge in [-0.3, -0.25) is 0 Å². The zero-order valence-electron chi connectivity index (χ0n) is 12.0. The maximum Gasteiger partial charge on any atom is 0.123 e. The molecule has 106 valence electrons.